The number of rotatable bonds is 2. The molecular weight excluding hydrogens is 287 g/mol. The summed E-state index contributed by atoms with van der Waals surface area (Å²) in [6.45, 7) is 0. The molecule has 0 saturated heterocycles. The Balaban J connectivity index is 2.23. The smallest absolute Gasteiger partial charge is 0.219 e. The number of pyridine rings is 1. The van der Waals surface area contributed by atoms with Crippen LogP contribution in [0.4, 0.5) is 4.39 Å². The Morgan fingerprint density at radius 3 is 2.71 bits per heavy atom. The predicted molar refractivity (Wildman–Crippen MR) is 63.1 cm³/mol. The standard InChI is InChI=1S/C12H6BrFN2O/c13-10-5-9(14)2-3-11(10)17-12-4-1-8(6-15)7-16-12/h1-5,7H. The van der Waals surface area contributed by atoms with Crippen molar-refractivity contribution < 1.29 is 9.13 Å². The van der Waals surface area contributed by atoms with Crippen molar-refractivity contribution in [1.82, 2.24) is 4.98 Å². The molecule has 84 valence electrons. The lowest BCUT2D eigenvalue weighted by molar-refractivity contribution is 0.458. The molecule has 0 bridgehead atoms. The minimum absolute atomic E-state index is 0.344. The first-order valence-electron chi connectivity index (χ1n) is 4.68. The van der Waals surface area contributed by atoms with E-state index < -0.39 is 0 Å². The van der Waals surface area contributed by atoms with Crippen LogP contribution in [-0.4, -0.2) is 4.98 Å². The predicted octanol–water partition coefficient (Wildman–Crippen LogP) is 3.65. The zero-order chi connectivity index (χ0) is 12.3. The summed E-state index contributed by atoms with van der Waals surface area (Å²) in [6, 6.07) is 9.23. The number of nitrogens with zero attached hydrogens (tertiary/aromatic N) is 2. The Hall–Kier alpha value is -1.93. The number of nitriles is 1. The molecule has 0 fully saturated rings. The van der Waals surface area contributed by atoms with E-state index in [0.29, 0.717) is 21.7 Å². The molecule has 2 rings (SSSR count). The van der Waals surface area contributed by atoms with E-state index >= 15 is 0 Å². The van der Waals surface area contributed by atoms with Crippen LogP contribution in [0.2, 0.25) is 0 Å². The van der Waals surface area contributed by atoms with Gasteiger partial charge in [-0.3, -0.25) is 0 Å². The Morgan fingerprint density at radius 2 is 2.12 bits per heavy atom. The molecule has 3 nitrogen and oxygen atoms in total. The molecule has 5 heteroatoms. The molecule has 0 aliphatic rings. The van der Waals surface area contributed by atoms with Crippen molar-refractivity contribution in [2.75, 3.05) is 0 Å². The molecule has 17 heavy (non-hydrogen) atoms. The van der Waals surface area contributed by atoms with Gasteiger partial charge < -0.3 is 4.74 Å². The number of ether oxygens (including phenoxy) is 1. The third-order valence-electron chi connectivity index (χ3n) is 1.97. The van der Waals surface area contributed by atoms with Crippen LogP contribution in [0, 0.1) is 17.1 Å². The molecule has 0 aliphatic heterocycles. The second-order valence-corrected chi connectivity index (χ2v) is 4.03. The highest BCUT2D eigenvalue weighted by atomic mass is 79.9. The molecule has 0 amide bonds. The van der Waals surface area contributed by atoms with Crippen LogP contribution in [-0.2, 0) is 0 Å². The van der Waals surface area contributed by atoms with E-state index in [0.717, 1.165) is 0 Å². The van der Waals surface area contributed by atoms with Crippen LogP contribution >= 0.6 is 15.9 Å². The molecule has 0 atom stereocenters. The van der Waals surface area contributed by atoms with Gasteiger partial charge in [0.25, 0.3) is 0 Å². The van der Waals surface area contributed by atoms with E-state index in [1.54, 1.807) is 12.1 Å². The Morgan fingerprint density at radius 1 is 1.29 bits per heavy atom. The van der Waals surface area contributed by atoms with Gasteiger partial charge in [0.05, 0.1) is 10.0 Å². The highest BCUT2D eigenvalue weighted by Crippen LogP contribution is 2.29. The van der Waals surface area contributed by atoms with Crippen LogP contribution in [0.25, 0.3) is 0 Å². The van der Waals surface area contributed by atoms with Crippen LogP contribution in [0.5, 0.6) is 11.6 Å². The van der Waals surface area contributed by atoms with Gasteiger partial charge in [-0.1, -0.05) is 0 Å². The molecule has 1 aromatic heterocycles. The normalized spacial score (nSPS) is 9.71. The minimum atomic E-state index is -0.350. The number of hydrogen-bond acceptors (Lipinski definition) is 3. The highest BCUT2D eigenvalue weighted by molar-refractivity contribution is 9.10. The summed E-state index contributed by atoms with van der Waals surface area (Å²) in [6.07, 6.45) is 1.41. The number of benzene rings is 1. The van der Waals surface area contributed by atoms with Crippen molar-refractivity contribution in [3.8, 4) is 17.7 Å². The summed E-state index contributed by atoms with van der Waals surface area (Å²) in [7, 11) is 0. The van der Waals surface area contributed by atoms with E-state index in [-0.39, 0.29) is 5.82 Å². The molecule has 1 heterocycles. The largest absolute Gasteiger partial charge is 0.438 e. The lowest BCUT2D eigenvalue weighted by atomic mass is 10.3. The van der Waals surface area contributed by atoms with Crippen molar-refractivity contribution in [3.05, 3.63) is 52.4 Å². The summed E-state index contributed by atoms with van der Waals surface area (Å²) >= 11 is 3.19. The first-order chi connectivity index (χ1) is 8.19. The molecule has 0 unspecified atom stereocenters. The SMILES string of the molecule is N#Cc1ccc(Oc2ccc(F)cc2Br)nc1. The average molecular weight is 293 g/mol. The minimum Gasteiger partial charge on any atom is -0.438 e. The zero-order valence-electron chi connectivity index (χ0n) is 8.52. The summed E-state index contributed by atoms with van der Waals surface area (Å²) in [5, 5.41) is 8.61. The monoisotopic (exact) mass is 292 g/mol. The van der Waals surface area contributed by atoms with Gasteiger partial charge >= 0.3 is 0 Å². The van der Waals surface area contributed by atoms with Crippen LogP contribution in [0.3, 0.4) is 0 Å². The Labute approximate surface area is 106 Å². The average Bonchev–Trinajstić information content (AvgIpc) is 2.34. The number of aromatic nitrogens is 1. The van der Waals surface area contributed by atoms with E-state index in [9.17, 15) is 4.39 Å². The molecule has 0 saturated carbocycles. The van der Waals surface area contributed by atoms with Crippen LogP contribution in [0.1, 0.15) is 5.56 Å². The first kappa shape index (κ1) is 11.6. The summed E-state index contributed by atoms with van der Waals surface area (Å²) < 4.78 is 18.8. The van der Waals surface area contributed by atoms with Crippen molar-refractivity contribution in [3.63, 3.8) is 0 Å². The fourth-order valence-corrected chi connectivity index (χ4v) is 1.61. The quantitative estimate of drug-likeness (QED) is 0.849. The van der Waals surface area contributed by atoms with Gasteiger partial charge in [-0.25, -0.2) is 9.37 Å². The van der Waals surface area contributed by atoms with Crippen molar-refractivity contribution >= 4 is 15.9 Å². The van der Waals surface area contributed by atoms with Gasteiger partial charge in [-0.05, 0) is 40.2 Å². The fraction of sp³-hybridized carbons (Fsp3) is 0. The number of hydrogen-bond donors (Lipinski definition) is 0. The van der Waals surface area contributed by atoms with Crippen molar-refractivity contribution in [2.24, 2.45) is 0 Å². The van der Waals surface area contributed by atoms with Crippen molar-refractivity contribution in [1.29, 1.82) is 5.26 Å². The second-order valence-electron chi connectivity index (χ2n) is 3.17. The van der Waals surface area contributed by atoms with Gasteiger partial charge in [0.1, 0.15) is 17.6 Å². The van der Waals surface area contributed by atoms with Crippen LogP contribution < -0.4 is 4.74 Å². The first-order valence-corrected chi connectivity index (χ1v) is 5.47. The molecule has 0 spiro atoms. The molecular formula is C12H6BrFN2O. The summed E-state index contributed by atoms with van der Waals surface area (Å²) in [4.78, 5) is 3.95. The van der Waals surface area contributed by atoms with E-state index in [2.05, 4.69) is 20.9 Å². The molecule has 1 aromatic carbocycles. The highest BCUT2D eigenvalue weighted by Gasteiger charge is 2.04. The topological polar surface area (TPSA) is 45.9 Å². The van der Waals surface area contributed by atoms with Gasteiger partial charge in [0.15, 0.2) is 0 Å². The van der Waals surface area contributed by atoms with Gasteiger partial charge in [0.2, 0.25) is 5.88 Å². The van der Waals surface area contributed by atoms with E-state index in [1.165, 1.54) is 24.4 Å². The van der Waals surface area contributed by atoms with Gasteiger partial charge in [-0.15, -0.1) is 0 Å². The Kier molecular flexibility index (Phi) is 3.35. The fourth-order valence-electron chi connectivity index (χ4n) is 1.18. The molecule has 0 N–H and O–H groups in total. The Bertz CT molecular complexity index is 578. The third-order valence-corrected chi connectivity index (χ3v) is 2.59. The zero-order valence-corrected chi connectivity index (χ0v) is 10.1. The maximum absolute atomic E-state index is 12.8. The van der Waals surface area contributed by atoms with Crippen molar-refractivity contribution in [2.45, 2.75) is 0 Å². The maximum atomic E-state index is 12.8. The lowest BCUT2D eigenvalue weighted by Crippen LogP contribution is -1.89. The van der Waals surface area contributed by atoms with Crippen LogP contribution in [0.15, 0.2) is 41.0 Å². The third kappa shape index (κ3) is 2.80. The van der Waals surface area contributed by atoms with Gasteiger partial charge in [-0.2, -0.15) is 5.26 Å². The molecule has 0 aliphatic carbocycles. The van der Waals surface area contributed by atoms with Gasteiger partial charge in [0, 0.05) is 12.3 Å². The molecule has 2 aromatic rings. The number of halogens is 2. The molecule has 0 radical (unpaired) electrons. The maximum Gasteiger partial charge on any atom is 0.219 e. The van der Waals surface area contributed by atoms with E-state index in [4.69, 9.17) is 10.00 Å². The summed E-state index contributed by atoms with van der Waals surface area (Å²) in [5.41, 5.74) is 0.454. The lowest BCUT2D eigenvalue weighted by Gasteiger charge is -2.06. The summed E-state index contributed by atoms with van der Waals surface area (Å²) in [5.74, 6) is 0.455. The second kappa shape index (κ2) is 4.93. The van der Waals surface area contributed by atoms with E-state index in [1.807, 2.05) is 6.07 Å².